The zero-order chi connectivity index (χ0) is 14.3. The maximum atomic E-state index is 8.49. The third-order valence-corrected chi connectivity index (χ3v) is 2.01. The molecule has 0 radical (unpaired) electrons. The first kappa shape index (κ1) is 15.4. The zero-order valence-electron chi connectivity index (χ0n) is 9.95. The molecule has 0 N–H and O–H groups in total. The molecule has 2 rings (SSSR count). The van der Waals surface area contributed by atoms with Crippen LogP contribution in [0.5, 0.6) is 5.75 Å². The fourth-order valence-electron chi connectivity index (χ4n) is 1.26. The van der Waals surface area contributed by atoms with Crippen molar-refractivity contribution in [2.45, 2.75) is 0 Å². The Labute approximate surface area is 111 Å². The monoisotopic (exact) mass is 286 g/mol. The van der Waals surface area contributed by atoms with Crippen molar-refractivity contribution in [2.24, 2.45) is 0 Å². The lowest BCUT2D eigenvalue weighted by Gasteiger charge is -2.17. The summed E-state index contributed by atoms with van der Waals surface area (Å²) in [4.78, 5) is 0. The lowest BCUT2D eigenvalue weighted by atomic mass is 10.1. The third-order valence-electron chi connectivity index (χ3n) is 2.01. The smallest absolute Gasteiger partial charge is 0.359 e. The van der Waals surface area contributed by atoms with Gasteiger partial charge in [-0.15, -0.1) is 10.2 Å². The fraction of sp³-hybridized carbons (Fsp3) is 0.0833. The van der Waals surface area contributed by atoms with Crippen LogP contribution in [-0.2, 0) is 0 Å². The van der Waals surface area contributed by atoms with E-state index in [1.54, 1.807) is 13.4 Å². The molecule has 0 aliphatic carbocycles. The molecule has 0 bridgehead atoms. The Bertz CT molecular complexity index is 474. The lowest BCUT2D eigenvalue weighted by Crippen LogP contribution is -2.68. The molecule has 102 valence electrons. The molecular weight excluding hydrogens is 276 g/mol. The van der Waals surface area contributed by atoms with Crippen LogP contribution in [-0.4, -0.2) is 7.11 Å². The van der Waals surface area contributed by atoms with E-state index in [2.05, 4.69) is 0 Å². The van der Waals surface area contributed by atoms with Gasteiger partial charge in [0, 0.05) is 12.1 Å². The van der Waals surface area contributed by atoms with E-state index >= 15 is 0 Å². The van der Waals surface area contributed by atoms with Gasteiger partial charge >= 0.3 is 12.0 Å². The second-order valence-corrected chi connectivity index (χ2v) is 4.03. The van der Waals surface area contributed by atoms with Gasteiger partial charge in [0.25, 0.3) is 0 Å². The van der Waals surface area contributed by atoms with Crippen molar-refractivity contribution < 1.29 is 38.0 Å². The normalized spacial score (nSPS) is 10.4. The first-order valence-electron chi connectivity index (χ1n) is 5.03. The number of methoxy groups -OCH3 is 1. The molecule has 1 heterocycles. The molecule has 0 spiro atoms. The van der Waals surface area contributed by atoms with E-state index in [1.165, 1.54) is 0 Å². The molecule has 1 aromatic heterocycles. The van der Waals surface area contributed by atoms with Gasteiger partial charge in [0.1, 0.15) is 5.75 Å². The quantitative estimate of drug-likeness (QED) is 0.620. The molecule has 0 atom stereocenters. The van der Waals surface area contributed by atoms with E-state index in [4.69, 9.17) is 27.8 Å². The highest BCUT2D eigenvalue weighted by atomic mass is 35.7. The third kappa shape index (κ3) is 6.70. The largest absolute Gasteiger partial charge is 0.497 e. The molecule has 7 heteroatoms. The summed E-state index contributed by atoms with van der Waals surface area (Å²) < 4.78 is 44.4. The minimum atomic E-state index is -4.94. The Morgan fingerprint density at radius 1 is 0.947 bits per heavy atom. The fourth-order valence-corrected chi connectivity index (χ4v) is 1.26. The highest BCUT2D eigenvalue weighted by molar-refractivity contribution is 5.57. The van der Waals surface area contributed by atoms with Crippen molar-refractivity contribution in [2.75, 3.05) is 7.11 Å². The summed E-state index contributed by atoms with van der Waals surface area (Å²) in [5, 5.41) is 0. The first-order valence-corrected chi connectivity index (χ1v) is 6.26. The van der Waals surface area contributed by atoms with Crippen LogP contribution in [0.3, 0.4) is 0 Å². The van der Waals surface area contributed by atoms with Crippen LogP contribution in [0, 0.1) is 10.2 Å². The number of benzene rings is 1. The maximum Gasteiger partial charge on any atom is 0.359 e. The van der Waals surface area contributed by atoms with Crippen molar-refractivity contribution in [3.8, 4) is 17.1 Å². The van der Waals surface area contributed by atoms with Crippen molar-refractivity contribution in [3.05, 3.63) is 48.7 Å². The minimum absolute atomic E-state index is 0.852. The standard InChI is InChI=1S/C12H11O2.ClHO4/c1-13-11-7-5-10(6-8-11)12-4-2-3-9-14-12;2-1(3,4)5/h2-9H,1H3;(H,2,3,4,5)/q+1;/p-1. The summed E-state index contributed by atoms with van der Waals surface area (Å²) >= 11 is 0. The summed E-state index contributed by atoms with van der Waals surface area (Å²) in [6.07, 6.45) is 1.67. The van der Waals surface area contributed by atoms with E-state index in [9.17, 15) is 0 Å². The van der Waals surface area contributed by atoms with E-state index in [0.717, 1.165) is 17.1 Å². The minimum Gasteiger partial charge on any atom is -0.497 e. The Hall–Kier alpha value is -1.70. The highest BCUT2D eigenvalue weighted by Crippen LogP contribution is 2.21. The van der Waals surface area contributed by atoms with Crippen LogP contribution < -0.4 is 23.4 Å². The molecule has 2 aromatic rings. The van der Waals surface area contributed by atoms with Gasteiger partial charge in [0.2, 0.25) is 0 Å². The number of ether oxygens (including phenoxy) is 1. The van der Waals surface area contributed by atoms with Gasteiger partial charge in [-0.2, -0.15) is 0 Å². The highest BCUT2D eigenvalue weighted by Gasteiger charge is 2.08. The molecule has 0 aliphatic heterocycles. The maximum absolute atomic E-state index is 8.49. The Kier molecular flexibility index (Phi) is 5.68. The molecule has 0 amide bonds. The summed E-state index contributed by atoms with van der Waals surface area (Å²) in [5.41, 5.74) is 1.05. The predicted molar refractivity (Wildman–Crippen MR) is 55.1 cm³/mol. The number of rotatable bonds is 2. The molecule has 19 heavy (non-hydrogen) atoms. The first-order chi connectivity index (χ1) is 8.90. The Balaban J connectivity index is 0.000000312. The average molecular weight is 287 g/mol. The van der Waals surface area contributed by atoms with E-state index in [0.29, 0.717) is 0 Å². The van der Waals surface area contributed by atoms with Crippen molar-refractivity contribution >= 4 is 0 Å². The van der Waals surface area contributed by atoms with Gasteiger partial charge in [0.05, 0.1) is 12.7 Å². The Morgan fingerprint density at radius 2 is 1.53 bits per heavy atom. The van der Waals surface area contributed by atoms with Gasteiger partial charge < -0.3 is 4.74 Å². The van der Waals surface area contributed by atoms with Gasteiger partial charge in [-0.1, -0.05) is 0 Å². The molecule has 0 saturated heterocycles. The molecular formula is C12H11ClO6. The van der Waals surface area contributed by atoms with Gasteiger partial charge in [-0.05, 0) is 30.3 Å². The van der Waals surface area contributed by atoms with Gasteiger partial charge in [-0.25, -0.2) is 23.1 Å². The molecule has 1 aromatic carbocycles. The number of halogens is 1. The van der Waals surface area contributed by atoms with Crippen LogP contribution in [0.2, 0.25) is 0 Å². The predicted octanol–water partition coefficient (Wildman–Crippen LogP) is -1.52. The van der Waals surface area contributed by atoms with Crippen molar-refractivity contribution in [1.29, 1.82) is 0 Å². The second-order valence-electron chi connectivity index (χ2n) is 3.28. The molecule has 0 fully saturated rings. The van der Waals surface area contributed by atoms with Crippen LogP contribution >= 0.6 is 0 Å². The second kappa shape index (κ2) is 7.03. The van der Waals surface area contributed by atoms with E-state index in [1.807, 2.05) is 42.5 Å². The summed E-state index contributed by atoms with van der Waals surface area (Å²) in [6.45, 7) is 0. The molecule has 0 saturated carbocycles. The van der Waals surface area contributed by atoms with Crippen molar-refractivity contribution in [1.82, 2.24) is 0 Å². The molecule has 6 nitrogen and oxygen atoms in total. The van der Waals surface area contributed by atoms with Crippen molar-refractivity contribution in [3.63, 3.8) is 0 Å². The SMILES string of the molecule is COc1ccc(-c2cccc[o+]2)cc1.[O-][Cl+3]([O-])([O-])[O-]. The summed E-state index contributed by atoms with van der Waals surface area (Å²) in [5.74, 6) is 1.71. The van der Waals surface area contributed by atoms with E-state index < -0.39 is 10.2 Å². The number of hydrogen-bond donors (Lipinski definition) is 0. The zero-order valence-corrected chi connectivity index (χ0v) is 10.7. The summed E-state index contributed by atoms with van der Waals surface area (Å²) in [6, 6.07) is 13.5. The average Bonchev–Trinajstić information content (AvgIpc) is 2.38. The lowest BCUT2D eigenvalue weighted by molar-refractivity contribution is -2.00. The van der Waals surface area contributed by atoms with Gasteiger partial charge in [0.15, 0.2) is 0 Å². The molecule has 0 aliphatic rings. The van der Waals surface area contributed by atoms with E-state index in [-0.39, 0.29) is 0 Å². The van der Waals surface area contributed by atoms with Crippen LogP contribution in [0.4, 0.5) is 0 Å². The topological polar surface area (TPSA) is 113 Å². The van der Waals surface area contributed by atoms with Crippen LogP contribution in [0.25, 0.3) is 11.3 Å². The Morgan fingerprint density at radius 3 is 1.95 bits per heavy atom. The van der Waals surface area contributed by atoms with Gasteiger partial charge in [-0.3, -0.25) is 0 Å². The summed E-state index contributed by atoms with van der Waals surface area (Å²) in [7, 11) is -3.29. The van der Waals surface area contributed by atoms with Crippen LogP contribution in [0.15, 0.2) is 53.1 Å². The number of hydrogen-bond acceptors (Lipinski definition) is 5. The molecule has 0 unspecified atom stereocenters. The van der Waals surface area contributed by atoms with Crippen LogP contribution in [0.1, 0.15) is 0 Å².